The predicted octanol–water partition coefficient (Wildman–Crippen LogP) is 3.10. The molecule has 2 aromatic rings. The van der Waals surface area contributed by atoms with Gasteiger partial charge in [0, 0.05) is 0 Å². The third kappa shape index (κ3) is 5.79. The van der Waals surface area contributed by atoms with E-state index in [1.807, 2.05) is 19.9 Å². The minimum Gasteiger partial charge on any atom is -0.467 e. The molecule has 24 heavy (non-hydrogen) atoms. The Morgan fingerprint density at radius 1 is 1.12 bits per heavy atom. The van der Waals surface area contributed by atoms with E-state index in [9.17, 15) is 9.59 Å². The maximum absolute atomic E-state index is 12.3. The van der Waals surface area contributed by atoms with Crippen molar-refractivity contribution >= 4 is 12.0 Å². The summed E-state index contributed by atoms with van der Waals surface area (Å²) in [6.45, 7) is 4.24. The highest BCUT2D eigenvalue weighted by Gasteiger charge is 2.22. The maximum Gasteiger partial charge on any atom is 0.413 e. The van der Waals surface area contributed by atoms with Gasteiger partial charge in [-0.2, -0.15) is 0 Å². The summed E-state index contributed by atoms with van der Waals surface area (Å²) in [5.74, 6) is 1.04. The Morgan fingerprint density at radius 2 is 1.88 bits per heavy atom. The van der Waals surface area contributed by atoms with E-state index in [0.29, 0.717) is 17.9 Å². The first kappa shape index (κ1) is 17.6. The van der Waals surface area contributed by atoms with Gasteiger partial charge in [-0.25, -0.2) is 4.79 Å². The van der Waals surface area contributed by atoms with Crippen LogP contribution in [-0.4, -0.2) is 18.0 Å². The second-order valence-electron chi connectivity index (χ2n) is 5.83. The molecule has 2 rings (SSSR count). The quantitative estimate of drug-likeness (QED) is 0.817. The zero-order valence-electron chi connectivity index (χ0n) is 13.8. The Morgan fingerprint density at radius 3 is 2.50 bits per heavy atom. The monoisotopic (exact) mass is 330 g/mol. The van der Waals surface area contributed by atoms with E-state index in [1.54, 1.807) is 42.7 Å². The van der Waals surface area contributed by atoms with Gasteiger partial charge in [0.15, 0.2) is 0 Å². The topological polar surface area (TPSA) is 80.6 Å². The highest BCUT2D eigenvalue weighted by Crippen LogP contribution is 2.10. The van der Waals surface area contributed by atoms with Crippen LogP contribution in [-0.2, 0) is 11.3 Å². The summed E-state index contributed by atoms with van der Waals surface area (Å²) in [5, 5.41) is 5.38. The minimum atomic E-state index is -0.670. The van der Waals surface area contributed by atoms with Crippen molar-refractivity contribution in [3.8, 4) is 5.75 Å². The van der Waals surface area contributed by atoms with Crippen molar-refractivity contribution in [1.82, 2.24) is 10.6 Å². The summed E-state index contributed by atoms with van der Waals surface area (Å²) in [6.07, 6.45) is 1.40. The number of para-hydroxylation sites is 1. The smallest absolute Gasteiger partial charge is 0.413 e. The van der Waals surface area contributed by atoms with Crippen molar-refractivity contribution in [2.24, 2.45) is 5.92 Å². The first-order valence-electron chi connectivity index (χ1n) is 7.88. The molecule has 2 amide bonds. The number of ether oxygens (including phenoxy) is 1. The normalized spacial score (nSPS) is 11.8. The third-order valence-electron chi connectivity index (χ3n) is 3.29. The van der Waals surface area contributed by atoms with Gasteiger partial charge >= 0.3 is 6.09 Å². The Hall–Kier alpha value is -2.76. The minimum absolute atomic E-state index is 0.237. The Labute approximate surface area is 141 Å². The number of furan rings is 1. The molecule has 0 aliphatic carbocycles. The molecule has 0 aliphatic heterocycles. The van der Waals surface area contributed by atoms with Crippen LogP contribution in [0.2, 0.25) is 0 Å². The van der Waals surface area contributed by atoms with Crippen LogP contribution in [0.4, 0.5) is 4.79 Å². The van der Waals surface area contributed by atoms with Crippen molar-refractivity contribution in [3.05, 3.63) is 54.5 Å². The van der Waals surface area contributed by atoms with E-state index in [2.05, 4.69) is 10.6 Å². The first-order valence-corrected chi connectivity index (χ1v) is 7.88. The average molecular weight is 330 g/mol. The number of benzene rings is 1. The molecule has 1 atom stereocenters. The SMILES string of the molecule is CC(C)C[C@@H](NC(=O)Oc1ccccc1)C(=O)NCc1ccco1. The second kappa shape index (κ2) is 8.76. The molecule has 1 aromatic heterocycles. The molecule has 0 spiro atoms. The van der Waals surface area contributed by atoms with Gasteiger partial charge in [0.1, 0.15) is 17.6 Å². The fourth-order valence-electron chi connectivity index (χ4n) is 2.18. The molecule has 128 valence electrons. The van der Waals surface area contributed by atoms with Crippen LogP contribution in [0, 0.1) is 5.92 Å². The highest BCUT2D eigenvalue weighted by atomic mass is 16.6. The third-order valence-corrected chi connectivity index (χ3v) is 3.29. The van der Waals surface area contributed by atoms with Gasteiger partial charge in [-0.15, -0.1) is 0 Å². The molecule has 0 saturated heterocycles. The molecule has 1 heterocycles. The zero-order valence-corrected chi connectivity index (χ0v) is 13.8. The van der Waals surface area contributed by atoms with Gasteiger partial charge in [-0.3, -0.25) is 4.79 Å². The van der Waals surface area contributed by atoms with Crippen LogP contribution in [0.5, 0.6) is 5.75 Å². The molecule has 6 nitrogen and oxygen atoms in total. The van der Waals surface area contributed by atoms with Gasteiger partial charge in [0.25, 0.3) is 0 Å². The fraction of sp³-hybridized carbons (Fsp3) is 0.333. The lowest BCUT2D eigenvalue weighted by Crippen LogP contribution is -2.48. The molecular formula is C18H22N2O4. The van der Waals surface area contributed by atoms with Crippen molar-refractivity contribution in [3.63, 3.8) is 0 Å². The lowest BCUT2D eigenvalue weighted by atomic mass is 10.0. The van der Waals surface area contributed by atoms with E-state index in [4.69, 9.17) is 9.15 Å². The van der Waals surface area contributed by atoms with Crippen molar-refractivity contribution in [2.45, 2.75) is 32.9 Å². The highest BCUT2D eigenvalue weighted by molar-refractivity contribution is 5.86. The number of carbonyl (C=O) groups excluding carboxylic acids is 2. The van der Waals surface area contributed by atoms with Crippen LogP contribution in [0.25, 0.3) is 0 Å². The van der Waals surface area contributed by atoms with Gasteiger partial charge in [0.2, 0.25) is 5.91 Å². The van der Waals surface area contributed by atoms with E-state index in [-0.39, 0.29) is 18.4 Å². The Balaban J connectivity index is 1.91. The van der Waals surface area contributed by atoms with Gasteiger partial charge < -0.3 is 19.8 Å². The van der Waals surface area contributed by atoms with E-state index in [1.165, 1.54) is 0 Å². The molecule has 0 unspecified atom stereocenters. The summed E-state index contributed by atoms with van der Waals surface area (Å²) in [6, 6.07) is 11.6. The number of rotatable bonds is 7. The summed E-state index contributed by atoms with van der Waals surface area (Å²) in [5.41, 5.74) is 0. The predicted molar refractivity (Wildman–Crippen MR) is 89.4 cm³/mol. The largest absolute Gasteiger partial charge is 0.467 e. The first-order chi connectivity index (χ1) is 11.5. The molecule has 0 bridgehead atoms. The number of nitrogens with one attached hydrogen (secondary N) is 2. The Bertz CT molecular complexity index is 638. The zero-order chi connectivity index (χ0) is 17.4. The molecule has 0 radical (unpaired) electrons. The number of hydrogen-bond donors (Lipinski definition) is 2. The molecule has 0 aliphatic rings. The lowest BCUT2D eigenvalue weighted by Gasteiger charge is -2.19. The molecular weight excluding hydrogens is 308 g/mol. The van der Waals surface area contributed by atoms with Crippen LogP contribution in [0.15, 0.2) is 53.1 Å². The van der Waals surface area contributed by atoms with Crippen LogP contribution >= 0.6 is 0 Å². The van der Waals surface area contributed by atoms with Crippen molar-refractivity contribution < 1.29 is 18.7 Å². The number of carbonyl (C=O) groups is 2. The van der Waals surface area contributed by atoms with Crippen LogP contribution < -0.4 is 15.4 Å². The van der Waals surface area contributed by atoms with Gasteiger partial charge in [-0.1, -0.05) is 32.0 Å². The molecule has 0 saturated carbocycles. The Kier molecular flexibility index (Phi) is 6.42. The van der Waals surface area contributed by atoms with Gasteiger partial charge in [0.05, 0.1) is 12.8 Å². The summed E-state index contributed by atoms with van der Waals surface area (Å²) in [4.78, 5) is 24.3. The standard InChI is InChI=1S/C18H22N2O4/c1-13(2)11-16(17(21)19-12-15-9-6-10-23-15)20-18(22)24-14-7-4-3-5-8-14/h3-10,13,16H,11-12H2,1-2H3,(H,19,21)(H,20,22)/t16-/m1/s1. The van der Waals surface area contributed by atoms with E-state index >= 15 is 0 Å². The molecule has 6 heteroatoms. The van der Waals surface area contributed by atoms with Crippen LogP contribution in [0.1, 0.15) is 26.0 Å². The average Bonchev–Trinajstić information content (AvgIpc) is 3.06. The van der Waals surface area contributed by atoms with Crippen molar-refractivity contribution in [2.75, 3.05) is 0 Å². The number of amides is 2. The number of hydrogen-bond acceptors (Lipinski definition) is 4. The summed E-state index contributed by atoms with van der Waals surface area (Å²) < 4.78 is 10.4. The maximum atomic E-state index is 12.3. The molecule has 1 aromatic carbocycles. The van der Waals surface area contributed by atoms with Crippen molar-refractivity contribution in [1.29, 1.82) is 0 Å². The van der Waals surface area contributed by atoms with Crippen LogP contribution in [0.3, 0.4) is 0 Å². The molecule has 0 fully saturated rings. The summed E-state index contributed by atoms with van der Waals surface area (Å²) in [7, 11) is 0. The van der Waals surface area contributed by atoms with E-state index < -0.39 is 12.1 Å². The second-order valence-corrected chi connectivity index (χ2v) is 5.83. The summed E-state index contributed by atoms with van der Waals surface area (Å²) >= 11 is 0. The van der Waals surface area contributed by atoms with E-state index in [0.717, 1.165) is 0 Å². The molecule has 2 N–H and O–H groups in total. The fourth-order valence-corrected chi connectivity index (χ4v) is 2.18. The lowest BCUT2D eigenvalue weighted by molar-refractivity contribution is -0.123. The van der Waals surface area contributed by atoms with Gasteiger partial charge in [-0.05, 0) is 36.6 Å².